The summed E-state index contributed by atoms with van der Waals surface area (Å²) in [5.74, 6) is 3.20. The third kappa shape index (κ3) is 8.93. The van der Waals surface area contributed by atoms with Crippen LogP contribution in [-0.4, -0.2) is 81.9 Å². The maximum absolute atomic E-state index is 12.4. The second-order valence-electron chi connectivity index (χ2n) is 7.08. The molecule has 2 fully saturated rings. The highest BCUT2D eigenvalue weighted by Crippen LogP contribution is 2.30. The van der Waals surface area contributed by atoms with E-state index >= 15 is 0 Å². The van der Waals surface area contributed by atoms with E-state index in [-0.39, 0.29) is 29.7 Å². The average molecular weight is 549 g/mol. The lowest BCUT2D eigenvalue weighted by Gasteiger charge is -2.26. The van der Waals surface area contributed by atoms with Gasteiger partial charge in [-0.2, -0.15) is 11.8 Å². The van der Waals surface area contributed by atoms with Crippen LogP contribution in [0.4, 0.5) is 0 Å². The van der Waals surface area contributed by atoms with E-state index in [0.29, 0.717) is 37.6 Å². The molecule has 10 heteroatoms. The lowest BCUT2D eigenvalue weighted by atomic mass is 9.98. The number of nitrogens with zero attached hydrogens (tertiary/aromatic N) is 2. The van der Waals surface area contributed by atoms with Crippen LogP contribution in [0, 0.1) is 5.92 Å². The minimum Gasteiger partial charge on any atom is -0.378 e. The Balaban J connectivity index is 0.00000392. The van der Waals surface area contributed by atoms with Crippen LogP contribution in [0.3, 0.4) is 0 Å². The molecule has 0 amide bonds. The second-order valence-corrected chi connectivity index (χ2v) is 10.4. The van der Waals surface area contributed by atoms with Gasteiger partial charge in [0.1, 0.15) is 0 Å². The molecule has 1 atom stereocenters. The van der Waals surface area contributed by atoms with E-state index in [1.54, 1.807) is 11.4 Å². The molecule has 2 aliphatic rings. The number of thioether (sulfide) groups is 1. The molecular formula is C18H37IN4O3S2. The lowest BCUT2D eigenvalue weighted by molar-refractivity contribution is 0.0169. The zero-order chi connectivity index (χ0) is 19.5. The van der Waals surface area contributed by atoms with Gasteiger partial charge in [-0.15, -0.1) is 24.0 Å². The van der Waals surface area contributed by atoms with Crippen molar-refractivity contribution in [1.82, 2.24) is 14.9 Å². The highest BCUT2D eigenvalue weighted by atomic mass is 127. The summed E-state index contributed by atoms with van der Waals surface area (Å²) in [6, 6.07) is 0. The molecule has 7 nitrogen and oxygen atoms in total. The van der Waals surface area contributed by atoms with E-state index in [2.05, 4.69) is 22.5 Å². The van der Waals surface area contributed by atoms with Crippen LogP contribution in [0.2, 0.25) is 0 Å². The fourth-order valence-corrected chi connectivity index (χ4v) is 6.30. The van der Waals surface area contributed by atoms with Crippen molar-refractivity contribution in [3.63, 3.8) is 0 Å². The molecule has 1 unspecified atom stereocenters. The molecule has 2 rings (SSSR count). The Morgan fingerprint density at radius 2 is 1.86 bits per heavy atom. The van der Waals surface area contributed by atoms with Crippen LogP contribution >= 0.6 is 35.7 Å². The van der Waals surface area contributed by atoms with Gasteiger partial charge in [0, 0.05) is 51.3 Å². The summed E-state index contributed by atoms with van der Waals surface area (Å²) in [7, 11) is -1.47. The van der Waals surface area contributed by atoms with E-state index in [1.165, 1.54) is 25.7 Å². The Hall–Kier alpha value is 0.220. The van der Waals surface area contributed by atoms with Crippen molar-refractivity contribution >= 4 is 51.7 Å². The number of hydrogen-bond donors (Lipinski definition) is 2. The predicted octanol–water partition coefficient (Wildman–Crippen LogP) is 2.13. The van der Waals surface area contributed by atoms with Crippen molar-refractivity contribution in [2.75, 3.05) is 57.1 Å². The molecule has 1 aliphatic heterocycles. The van der Waals surface area contributed by atoms with Gasteiger partial charge in [-0.1, -0.05) is 12.8 Å². The van der Waals surface area contributed by atoms with E-state index in [0.717, 1.165) is 31.1 Å². The fraction of sp³-hybridized carbons (Fsp3) is 0.944. The van der Waals surface area contributed by atoms with Gasteiger partial charge in [0.05, 0.1) is 11.9 Å². The maximum Gasteiger partial charge on any atom is 0.215 e. The van der Waals surface area contributed by atoms with Crippen molar-refractivity contribution in [3.05, 3.63) is 0 Å². The molecule has 0 radical (unpaired) electrons. The molecular weight excluding hydrogens is 511 g/mol. The Bertz CT molecular complexity index is 551. The molecule has 1 saturated heterocycles. The topological polar surface area (TPSA) is 83.0 Å². The van der Waals surface area contributed by atoms with E-state index < -0.39 is 10.0 Å². The predicted molar refractivity (Wildman–Crippen MR) is 129 cm³/mol. The Labute approximate surface area is 192 Å². The Morgan fingerprint density at radius 3 is 2.46 bits per heavy atom. The quantitative estimate of drug-likeness (QED) is 0.247. The Morgan fingerprint density at radius 1 is 1.21 bits per heavy atom. The SMILES string of the molecule is CCOC(CCNC(=NC)NCCS(=O)(=O)N1CCSCC1)C1CCCC1.I. The zero-order valence-corrected chi connectivity index (χ0v) is 21.2. The van der Waals surface area contributed by atoms with E-state index in [9.17, 15) is 8.42 Å². The number of rotatable bonds is 10. The molecule has 0 aromatic carbocycles. The summed E-state index contributed by atoms with van der Waals surface area (Å²) < 4.78 is 32.3. The summed E-state index contributed by atoms with van der Waals surface area (Å²) in [6.07, 6.45) is 6.42. The molecule has 1 saturated carbocycles. The molecule has 0 aromatic rings. The molecule has 166 valence electrons. The van der Waals surface area contributed by atoms with Crippen molar-refractivity contribution in [2.45, 2.75) is 45.1 Å². The minimum absolute atomic E-state index is 0. The first-order valence-corrected chi connectivity index (χ1v) is 12.9. The summed E-state index contributed by atoms with van der Waals surface area (Å²) >= 11 is 1.81. The lowest BCUT2D eigenvalue weighted by Crippen LogP contribution is -2.44. The number of aliphatic imine (C=N–C) groups is 1. The summed E-state index contributed by atoms with van der Waals surface area (Å²) in [5.41, 5.74) is 0. The van der Waals surface area contributed by atoms with Crippen LogP contribution in [0.1, 0.15) is 39.0 Å². The third-order valence-electron chi connectivity index (χ3n) is 5.27. The van der Waals surface area contributed by atoms with Gasteiger partial charge in [0.2, 0.25) is 10.0 Å². The van der Waals surface area contributed by atoms with Crippen LogP contribution in [-0.2, 0) is 14.8 Å². The zero-order valence-electron chi connectivity index (χ0n) is 17.2. The third-order valence-corrected chi connectivity index (χ3v) is 8.08. The van der Waals surface area contributed by atoms with Gasteiger partial charge in [-0.3, -0.25) is 4.99 Å². The van der Waals surface area contributed by atoms with Gasteiger partial charge >= 0.3 is 0 Å². The van der Waals surface area contributed by atoms with Crippen LogP contribution in [0.15, 0.2) is 4.99 Å². The van der Waals surface area contributed by atoms with Gasteiger partial charge in [0.15, 0.2) is 5.96 Å². The number of halogens is 1. The average Bonchev–Trinajstić information content (AvgIpc) is 3.21. The molecule has 0 aromatic heterocycles. The summed E-state index contributed by atoms with van der Waals surface area (Å²) in [6.45, 7) is 5.19. The van der Waals surface area contributed by atoms with Crippen LogP contribution < -0.4 is 10.6 Å². The van der Waals surface area contributed by atoms with Gasteiger partial charge < -0.3 is 15.4 Å². The standard InChI is InChI=1S/C18H36N4O3S2.HI/c1-3-25-17(16-6-4-5-7-16)8-9-20-18(19-2)21-10-15-27(23,24)22-11-13-26-14-12-22;/h16-17H,3-15H2,1-2H3,(H2,19,20,21);1H. The molecule has 0 spiro atoms. The molecule has 0 bridgehead atoms. The van der Waals surface area contributed by atoms with E-state index in [4.69, 9.17) is 4.74 Å². The number of hydrogen-bond acceptors (Lipinski definition) is 5. The van der Waals surface area contributed by atoms with Crippen LogP contribution in [0.25, 0.3) is 0 Å². The fourth-order valence-electron chi connectivity index (χ4n) is 3.80. The van der Waals surface area contributed by atoms with Gasteiger partial charge in [0.25, 0.3) is 0 Å². The normalized spacial score (nSPS) is 20.6. The molecule has 1 aliphatic carbocycles. The largest absolute Gasteiger partial charge is 0.378 e. The number of sulfonamides is 1. The first kappa shape index (κ1) is 26.3. The minimum atomic E-state index is -3.18. The molecule has 2 N–H and O–H groups in total. The summed E-state index contributed by atoms with van der Waals surface area (Å²) in [5, 5.41) is 6.42. The van der Waals surface area contributed by atoms with E-state index in [1.807, 2.05) is 11.8 Å². The first-order valence-electron chi connectivity index (χ1n) is 10.2. The number of guanidine groups is 1. The van der Waals surface area contributed by atoms with Gasteiger partial charge in [-0.25, -0.2) is 12.7 Å². The van der Waals surface area contributed by atoms with Crippen molar-refractivity contribution in [3.8, 4) is 0 Å². The van der Waals surface area contributed by atoms with Gasteiger partial charge in [-0.05, 0) is 32.1 Å². The molecule has 1 heterocycles. The molecule has 28 heavy (non-hydrogen) atoms. The van der Waals surface area contributed by atoms with Crippen LogP contribution in [0.5, 0.6) is 0 Å². The van der Waals surface area contributed by atoms with Crippen molar-refractivity contribution in [1.29, 1.82) is 0 Å². The van der Waals surface area contributed by atoms with Crippen molar-refractivity contribution in [2.24, 2.45) is 10.9 Å². The highest BCUT2D eigenvalue weighted by Gasteiger charge is 2.25. The smallest absolute Gasteiger partial charge is 0.215 e. The number of ether oxygens (including phenoxy) is 1. The Kier molecular flexibility index (Phi) is 13.4. The maximum atomic E-state index is 12.4. The highest BCUT2D eigenvalue weighted by molar-refractivity contribution is 14.0. The monoisotopic (exact) mass is 548 g/mol. The van der Waals surface area contributed by atoms with Crippen molar-refractivity contribution < 1.29 is 13.2 Å². The first-order chi connectivity index (χ1) is 13.1. The number of nitrogens with one attached hydrogen (secondary N) is 2. The second kappa shape index (κ2) is 14.3. The summed E-state index contributed by atoms with van der Waals surface area (Å²) in [4.78, 5) is 4.20.